The Hall–Kier alpha value is -0.980. The number of likely N-dealkylation sites (tertiary alicyclic amines) is 1. The van der Waals surface area contributed by atoms with Crippen molar-refractivity contribution in [2.24, 2.45) is 0 Å². The highest BCUT2D eigenvalue weighted by Crippen LogP contribution is 2.25. The summed E-state index contributed by atoms with van der Waals surface area (Å²) < 4.78 is 1.15. The molecule has 18 heavy (non-hydrogen) atoms. The van der Waals surface area contributed by atoms with Gasteiger partial charge in [-0.2, -0.15) is 0 Å². The van der Waals surface area contributed by atoms with E-state index in [0.717, 1.165) is 36.9 Å². The second-order valence-corrected chi connectivity index (χ2v) is 5.74. The van der Waals surface area contributed by atoms with Crippen LogP contribution < -0.4 is 5.32 Å². The van der Waals surface area contributed by atoms with Crippen molar-refractivity contribution in [2.75, 3.05) is 25.0 Å². The lowest BCUT2D eigenvalue weighted by Gasteiger charge is -2.31. The smallest absolute Gasteiger partial charge is 0.0598 e. The zero-order chi connectivity index (χ0) is 13.0. The Morgan fingerprint density at radius 2 is 2.17 bits per heavy atom. The number of rotatable bonds is 3. The summed E-state index contributed by atoms with van der Waals surface area (Å²) in [5, 5.41) is 3.61. The van der Waals surface area contributed by atoms with Crippen molar-refractivity contribution in [3.05, 3.63) is 28.2 Å². The maximum absolute atomic E-state index is 5.34. The predicted molar refractivity (Wildman–Crippen MR) is 80.8 cm³/mol. The number of nitrogens with one attached hydrogen (secondary N) is 1. The number of terminal acetylenes is 1. The van der Waals surface area contributed by atoms with Crippen LogP contribution in [0.3, 0.4) is 0 Å². The number of aryl methyl sites for hydroxylation is 1. The Labute approximate surface area is 118 Å². The van der Waals surface area contributed by atoms with Crippen LogP contribution in [-0.2, 0) is 0 Å². The van der Waals surface area contributed by atoms with E-state index in [1.165, 1.54) is 11.3 Å². The van der Waals surface area contributed by atoms with E-state index >= 15 is 0 Å². The Morgan fingerprint density at radius 1 is 1.44 bits per heavy atom. The third-order valence-corrected chi connectivity index (χ3v) is 4.04. The van der Waals surface area contributed by atoms with Crippen molar-refractivity contribution >= 4 is 21.6 Å². The molecule has 0 bridgehead atoms. The van der Waals surface area contributed by atoms with E-state index in [0.29, 0.717) is 6.04 Å². The highest BCUT2D eigenvalue weighted by molar-refractivity contribution is 9.10. The molecular formula is C15H19BrN2. The van der Waals surface area contributed by atoms with Crippen LogP contribution in [0.25, 0.3) is 0 Å². The normalized spacial score (nSPS) is 17.4. The molecule has 0 saturated carbocycles. The molecule has 1 N–H and O–H groups in total. The maximum atomic E-state index is 5.34. The zero-order valence-electron chi connectivity index (χ0n) is 10.7. The number of halogens is 1. The van der Waals surface area contributed by atoms with Crippen LogP contribution >= 0.6 is 15.9 Å². The first kappa shape index (κ1) is 13.5. The molecule has 1 heterocycles. The van der Waals surface area contributed by atoms with E-state index < -0.39 is 0 Å². The molecule has 2 rings (SSSR count). The van der Waals surface area contributed by atoms with Crippen molar-refractivity contribution in [3.8, 4) is 12.3 Å². The summed E-state index contributed by atoms with van der Waals surface area (Å²) in [6, 6.07) is 6.99. The molecule has 1 aromatic rings. The Kier molecular flexibility index (Phi) is 4.68. The van der Waals surface area contributed by atoms with Crippen LogP contribution in [0.5, 0.6) is 0 Å². The predicted octanol–water partition coefficient (Wildman–Crippen LogP) is 3.27. The van der Waals surface area contributed by atoms with Gasteiger partial charge >= 0.3 is 0 Å². The van der Waals surface area contributed by atoms with Crippen LogP contribution in [0.4, 0.5) is 5.69 Å². The summed E-state index contributed by atoms with van der Waals surface area (Å²) in [7, 11) is 0. The topological polar surface area (TPSA) is 15.3 Å². The van der Waals surface area contributed by atoms with Gasteiger partial charge < -0.3 is 5.32 Å². The maximum Gasteiger partial charge on any atom is 0.0598 e. The van der Waals surface area contributed by atoms with E-state index in [4.69, 9.17) is 6.42 Å². The molecule has 1 saturated heterocycles. The average Bonchev–Trinajstić information content (AvgIpc) is 2.35. The van der Waals surface area contributed by atoms with Crippen molar-refractivity contribution in [3.63, 3.8) is 0 Å². The first-order chi connectivity index (χ1) is 8.69. The number of anilines is 1. The fourth-order valence-electron chi connectivity index (χ4n) is 2.32. The molecule has 2 nitrogen and oxygen atoms in total. The van der Waals surface area contributed by atoms with Crippen LogP contribution in [0, 0.1) is 19.3 Å². The number of nitrogens with zero attached hydrogens (tertiary/aromatic N) is 1. The van der Waals surface area contributed by atoms with Gasteiger partial charge in [0.15, 0.2) is 0 Å². The van der Waals surface area contributed by atoms with E-state index in [-0.39, 0.29) is 0 Å². The van der Waals surface area contributed by atoms with E-state index in [9.17, 15) is 0 Å². The van der Waals surface area contributed by atoms with Gasteiger partial charge in [0.25, 0.3) is 0 Å². The minimum absolute atomic E-state index is 0.554. The minimum Gasteiger partial charge on any atom is -0.381 e. The highest BCUT2D eigenvalue weighted by Gasteiger charge is 2.18. The SMILES string of the molecule is C#CCN1CCC(Nc2ccc(C)cc2Br)CC1. The molecule has 1 aliphatic rings. The molecule has 0 atom stereocenters. The van der Waals surface area contributed by atoms with E-state index in [1.54, 1.807) is 0 Å². The Balaban J connectivity index is 1.90. The monoisotopic (exact) mass is 306 g/mol. The van der Waals surface area contributed by atoms with E-state index in [2.05, 4.69) is 57.2 Å². The first-order valence-electron chi connectivity index (χ1n) is 6.37. The second-order valence-electron chi connectivity index (χ2n) is 4.88. The van der Waals surface area contributed by atoms with Gasteiger partial charge in [0.2, 0.25) is 0 Å². The molecular weight excluding hydrogens is 288 g/mol. The standard InChI is InChI=1S/C15H19BrN2/c1-3-8-18-9-6-13(7-10-18)17-15-5-4-12(2)11-14(15)16/h1,4-5,11,13,17H,6-10H2,2H3. The molecule has 0 unspecified atom stereocenters. The third-order valence-electron chi connectivity index (χ3n) is 3.39. The summed E-state index contributed by atoms with van der Waals surface area (Å²) in [5.41, 5.74) is 2.47. The summed E-state index contributed by atoms with van der Waals surface area (Å²) in [6.45, 7) is 5.06. The highest BCUT2D eigenvalue weighted by atomic mass is 79.9. The Bertz CT molecular complexity index is 442. The van der Waals surface area contributed by atoms with Gasteiger partial charge in [-0.05, 0) is 53.4 Å². The molecule has 0 aliphatic carbocycles. The molecule has 1 aromatic carbocycles. The van der Waals surface area contributed by atoms with Gasteiger partial charge in [0, 0.05) is 29.3 Å². The lowest BCUT2D eigenvalue weighted by Crippen LogP contribution is -2.39. The van der Waals surface area contributed by atoms with Crippen molar-refractivity contribution in [2.45, 2.75) is 25.8 Å². The van der Waals surface area contributed by atoms with Crippen molar-refractivity contribution in [1.82, 2.24) is 4.90 Å². The molecule has 0 aromatic heterocycles. The number of benzene rings is 1. The molecule has 0 radical (unpaired) electrons. The van der Waals surface area contributed by atoms with Crippen molar-refractivity contribution < 1.29 is 0 Å². The summed E-state index contributed by atoms with van der Waals surface area (Å²) in [6.07, 6.45) is 7.65. The molecule has 1 aliphatic heterocycles. The van der Waals surface area contributed by atoms with Gasteiger partial charge in [0.05, 0.1) is 6.54 Å². The van der Waals surface area contributed by atoms with Gasteiger partial charge in [-0.3, -0.25) is 4.90 Å². The molecule has 0 spiro atoms. The van der Waals surface area contributed by atoms with Crippen LogP contribution in [0.2, 0.25) is 0 Å². The first-order valence-corrected chi connectivity index (χ1v) is 7.17. The van der Waals surface area contributed by atoms with Crippen molar-refractivity contribution in [1.29, 1.82) is 0 Å². The quantitative estimate of drug-likeness (QED) is 0.862. The lowest BCUT2D eigenvalue weighted by molar-refractivity contribution is 0.243. The fraction of sp³-hybridized carbons (Fsp3) is 0.467. The molecule has 1 fully saturated rings. The molecule has 3 heteroatoms. The number of hydrogen-bond acceptors (Lipinski definition) is 2. The summed E-state index contributed by atoms with van der Waals surface area (Å²) in [4.78, 5) is 2.34. The van der Waals surface area contributed by atoms with Gasteiger partial charge in [-0.15, -0.1) is 6.42 Å². The van der Waals surface area contributed by atoms with Gasteiger partial charge in [-0.1, -0.05) is 12.0 Å². The number of hydrogen-bond donors (Lipinski definition) is 1. The van der Waals surface area contributed by atoms with Gasteiger partial charge in [-0.25, -0.2) is 0 Å². The zero-order valence-corrected chi connectivity index (χ0v) is 12.3. The third kappa shape index (κ3) is 3.51. The molecule has 0 amide bonds. The van der Waals surface area contributed by atoms with Gasteiger partial charge in [0.1, 0.15) is 0 Å². The number of piperidine rings is 1. The summed E-state index contributed by atoms with van der Waals surface area (Å²) in [5.74, 6) is 2.72. The Morgan fingerprint density at radius 3 is 2.78 bits per heavy atom. The van der Waals surface area contributed by atoms with Crippen LogP contribution in [0.15, 0.2) is 22.7 Å². The van der Waals surface area contributed by atoms with Crippen LogP contribution in [0.1, 0.15) is 18.4 Å². The second kappa shape index (κ2) is 6.26. The average molecular weight is 307 g/mol. The fourth-order valence-corrected chi connectivity index (χ4v) is 2.93. The minimum atomic E-state index is 0.554. The lowest BCUT2D eigenvalue weighted by atomic mass is 10.0. The largest absolute Gasteiger partial charge is 0.381 e. The summed E-state index contributed by atoms with van der Waals surface area (Å²) >= 11 is 3.61. The van der Waals surface area contributed by atoms with E-state index in [1.807, 2.05) is 0 Å². The van der Waals surface area contributed by atoms with Crippen LogP contribution in [-0.4, -0.2) is 30.6 Å². The molecule has 96 valence electrons.